The first-order chi connectivity index (χ1) is 13.3. The molecular weight excluding hydrogens is 374 g/mol. The van der Waals surface area contributed by atoms with Crippen LogP contribution < -0.4 is 5.73 Å². The van der Waals surface area contributed by atoms with Gasteiger partial charge in [-0.25, -0.2) is 14.4 Å². The first-order valence-corrected chi connectivity index (χ1v) is 9.55. The van der Waals surface area contributed by atoms with Crippen LogP contribution in [0.1, 0.15) is 24.7 Å². The van der Waals surface area contributed by atoms with E-state index in [2.05, 4.69) is 19.4 Å². The topological polar surface area (TPSA) is 60.0 Å². The fourth-order valence-corrected chi connectivity index (χ4v) is 5.32. The van der Waals surface area contributed by atoms with Crippen LogP contribution in [0.4, 0.5) is 23.4 Å². The Kier molecular flexibility index (Phi) is 3.63. The highest BCUT2D eigenvalue weighted by Gasteiger charge is 2.93. The Balaban J connectivity index is 1.52. The van der Waals surface area contributed by atoms with Crippen molar-refractivity contribution in [3.05, 3.63) is 29.8 Å². The highest BCUT2D eigenvalue weighted by Crippen LogP contribution is 2.83. The highest BCUT2D eigenvalue weighted by atomic mass is 19.4. The number of nitrogen functional groups attached to an aromatic ring is 1. The number of imidazole rings is 1. The van der Waals surface area contributed by atoms with Crippen molar-refractivity contribution < 1.29 is 17.6 Å². The number of aryl methyl sites for hydroxylation is 1. The number of pyridine rings is 1. The maximum atomic E-state index is 13.2. The second-order valence-electron chi connectivity index (χ2n) is 7.97. The molecule has 150 valence electrons. The lowest BCUT2D eigenvalue weighted by Crippen LogP contribution is -2.27. The molecule has 0 spiro atoms. The number of nitrogens with two attached hydrogens (primary N) is 1. The van der Waals surface area contributed by atoms with Crippen LogP contribution in [0, 0.1) is 11.8 Å². The van der Waals surface area contributed by atoms with E-state index in [0.29, 0.717) is 35.7 Å². The minimum Gasteiger partial charge on any atom is -0.383 e. The van der Waals surface area contributed by atoms with E-state index in [1.54, 1.807) is 0 Å². The third kappa shape index (κ3) is 2.22. The van der Waals surface area contributed by atoms with Crippen molar-refractivity contribution >= 4 is 5.82 Å². The largest absolute Gasteiger partial charge is 0.419 e. The Labute approximate surface area is 159 Å². The van der Waals surface area contributed by atoms with Gasteiger partial charge in [0.05, 0.1) is 16.8 Å². The smallest absolute Gasteiger partial charge is 0.383 e. The molecule has 2 bridgehead atoms. The van der Waals surface area contributed by atoms with E-state index in [1.165, 1.54) is 6.20 Å². The van der Waals surface area contributed by atoms with Gasteiger partial charge in [-0.15, -0.1) is 0 Å². The SMILES string of the molecule is CCCc1nc(-c2cnc(N)c(C(F)(F)F)c2)cn1[C@@]12C3C1N(CCF)C[C@@H]32. The number of hydrogen-bond acceptors (Lipinski definition) is 4. The molecule has 5 nitrogen and oxygen atoms in total. The van der Waals surface area contributed by atoms with Gasteiger partial charge in [0.1, 0.15) is 18.3 Å². The number of rotatable bonds is 6. The number of piperidine rings is 1. The van der Waals surface area contributed by atoms with Crippen LogP contribution >= 0.6 is 0 Å². The van der Waals surface area contributed by atoms with Crippen LogP contribution in [0.15, 0.2) is 18.5 Å². The summed E-state index contributed by atoms with van der Waals surface area (Å²) in [5.74, 6) is 1.36. The Morgan fingerprint density at radius 3 is 2.79 bits per heavy atom. The van der Waals surface area contributed by atoms with E-state index in [0.717, 1.165) is 31.3 Å². The first-order valence-electron chi connectivity index (χ1n) is 9.55. The number of anilines is 1. The van der Waals surface area contributed by atoms with Gasteiger partial charge in [0, 0.05) is 55.3 Å². The molecule has 2 N–H and O–H groups in total. The molecule has 2 aliphatic heterocycles. The van der Waals surface area contributed by atoms with Crippen LogP contribution in [0.25, 0.3) is 11.3 Å². The molecule has 4 atom stereocenters. The minimum absolute atomic E-state index is 0.0288. The molecule has 2 aromatic rings. The monoisotopic (exact) mass is 395 g/mol. The van der Waals surface area contributed by atoms with Gasteiger partial charge in [-0.1, -0.05) is 6.92 Å². The van der Waals surface area contributed by atoms with Crippen LogP contribution in [-0.4, -0.2) is 45.2 Å². The molecule has 4 aliphatic rings. The third-order valence-corrected chi connectivity index (χ3v) is 6.54. The van der Waals surface area contributed by atoms with Crippen LogP contribution in [-0.2, 0) is 18.1 Å². The number of alkyl halides is 4. The third-order valence-electron chi connectivity index (χ3n) is 6.54. The van der Waals surface area contributed by atoms with E-state index in [9.17, 15) is 17.6 Å². The molecule has 0 aromatic carbocycles. The zero-order chi connectivity index (χ0) is 19.8. The maximum Gasteiger partial charge on any atom is 0.419 e. The molecule has 0 amide bonds. The summed E-state index contributed by atoms with van der Waals surface area (Å²) in [5.41, 5.74) is 5.23. The van der Waals surface area contributed by atoms with Gasteiger partial charge in [0.2, 0.25) is 0 Å². The molecule has 6 rings (SSSR count). The lowest BCUT2D eigenvalue weighted by atomic mass is 10.1. The lowest BCUT2D eigenvalue weighted by Gasteiger charge is -2.16. The van der Waals surface area contributed by atoms with Crippen molar-refractivity contribution in [2.75, 3.05) is 25.5 Å². The van der Waals surface area contributed by atoms with Gasteiger partial charge in [-0.2, -0.15) is 13.2 Å². The van der Waals surface area contributed by atoms with E-state index >= 15 is 0 Å². The number of hydrogen-bond donors (Lipinski definition) is 1. The number of halogens is 4. The predicted molar refractivity (Wildman–Crippen MR) is 95.2 cm³/mol. The highest BCUT2D eigenvalue weighted by molar-refractivity contribution is 5.63. The normalized spacial score (nSPS) is 30.5. The van der Waals surface area contributed by atoms with Gasteiger partial charge < -0.3 is 10.3 Å². The van der Waals surface area contributed by atoms with Crippen LogP contribution in [0.5, 0.6) is 0 Å². The quantitative estimate of drug-likeness (QED) is 0.764. The van der Waals surface area contributed by atoms with Gasteiger partial charge in [0.25, 0.3) is 0 Å². The van der Waals surface area contributed by atoms with Crippen LogP contribution in [0.2, 0.25) is 0 Å². The molecule has 2 saturated heterocycles. The number of fused-ring (bicyclic) bond motifs is 1. The molecule has 28 heavy (non-hydrogen) atoms. The van der Waals surface area contributed by atoms with E-state index < -0.39 is 17.6 Å². The van der Waals surface area contributed by atoms with E-state index in [-0.39, 0.29) is 12.2 Å². The van der Waals surface area contributed by atoms with Gasteiger partial charge in [0.15, 0.2) is 0 Å². The van der Waals surface area contributed by atoms with Crippen molar-refractivity contribution in [2.24, 2.45) is 11.8 Å². The second-order valence-corrected chi connectivity index (χ2v) is 7.97. The van der Waals surface area contributed by atoms with Gasteiger partial charge in [-0.05, 0) is 12.5 Å². The van der Waals surface area contributed by atoms with Crippen molar-refractivity contribution in [2.45, 2.75) is 37.5 Å². The molecule has 4 fully saturated rings. The van der Waals surface area contributed by atoms with Crippen molar-refractivity contribution in [3.8, 4) is 11.3 Å². The Morgan fingerprint density at radius 2 is 2.14 bits per heavy atom. The van der Waals surface area contributed by atoms with Crippen molar-refractivity contribution in [1.82, 2.24) is 19.4 Å². The molecule has 2 aromatic heterocycles. The average Bonchev–Trinajstić information content (AvgIpc) is 3.22. The van der Waals surface area contributed by atoms with E-state index in [1.807, 2.05) is 13.1 Å². The summed E-state index contributed by atoms with van der Waals surface area (Å²) in [6.07, 6.45) is 0.251. The number of nitrogens with zero attached hydrogens (tertiary/aromatic N) is 4. The summed E-state index contributed by atoms with van der Waals surface area (Å²) in [5, 5.41) is 0. The molecule has 4 heterocycles. The minimum atomic E-state index is -4.56. The van der Waals surface area contributed by atoms with E-state index in [4.69, 9.17) is 5.73 Å². The van der Waals surface area contributed by atoms with Gasteiger partial charge >= 0.3 is 6.18 Å². The van der Waals surface area contributed by atoms with Crippen LogP contribution in [0.3, 0.4) is 0 Å². The molecule has 2 aliphatic carbocycles. The number of aromatic nitrogens is 3. The predicted octanol–water partition coefficient (Wildman–Crippen LogP) is 3.11. The molecule has 0 radical (unpaired) electrons. The fourth-order valence-electron chi connectivity index (χ4n) is 5.32. The van der Waals surface area contributed by atoms with Gasteiger partial charge in [-0.3, -0.25) is 4.90 Å². The summed E-state index contributed by atoms with van der Waals surface area (Å²) >= 11 is 0. The lowest BCUT2D eigenvalue weighted by molar-refractivity contribution is -0.137. The molecular formula is C19H21F4N5. The Morgan fingerprint density at radius 1 is 1.36 bits per heavy atom. The fraction of sp³-hybridized carbons (Fsp3) is 0.579. The second kappa shape index (κ2) is 5.68. The van der Waals surface area contributed by atoms with Crippen molar-refractivity contribution in [1.29, 1.82) is 0 Å². The van der Waals surface area contributed by atoms with Crippen molar-refractivity contribution in [3.63, 3.8) is 0 Å². The average molecular weight is 395 g/mol. The Hall–Kier alpha value is -2.16. The maximum absolute atomic E-state index is 13.2. The standard InChI is InChI=1S/C19H21F4N5/c1-2-3-14-26-13(10-6-11(19(21,22)23)17(24)25-7-10)9-28(14)18-12-8-27(5-4-20)16(18)15(12)18/h6-7,9,12,15-16H,2-5,8H2,1H3,(H2,24,25)/t12-,15?,16?,18-/m0/s1. The molecule has 2 unspecified atom stereocenters. The first kappa shape index (κ1) is 17.9. The molecule has 9 heteroatoms. The summed E-state index contributed by atoms with van der Waals surface area (Å²) in [4.78, 5) is 10.6. The summed E-state index contributed by atoms with van der Waals surface area (Å²) in [6.45, 7) is 3.02. The summed E-state index contributed by atoms with van der Waals surface area (Å²) in [7, 11) is 0. The zero-order valence-corrected chi connectivity index (χ0v) is 15.4. The zero-order valence-electron chi connectivity index (χ0n) is 15.4. The summed E-state index contributed by atoms with van der Waals surface area (Å²) < 4.78 is 54.6. The summed E-state index contributed by atoms with van der Waals surface area (Å²) in [6, 6.07) is 1.35. The Bertz CT molecular complexity index is 933. The molecule has 2 saturated carbocycles.